The Morgan fingerprint density at radius 2 is 1.88 bits per heavy atom. The van der Waals surface area contributed by atoms with Crippen molar-refractivity contribution in [2.75, 3.05) is 23.3 Å². The molecule has 1 aliphatic carbocycles. The predicted molar refractivity (Wildman–Crippen MR) is 123 cm³/mol. The van der Waals surface area contributed by atoms with Crippen molar-refractivity contribution in [3.05, 3.63) is 76.9 Å². The lowest BCUT2D eigenvalue weighted by Gasteiger charge is -2.34. The number of nitrogens with one attached hydrogen (secondary N) is 3. The minimum atomic E-state index is -0.519. The van der Waals surface area contributed by atoms with Crippen molar-refractivity contribution < 1.29 is 9.18 Å². The number of aryl methyl sites for hydroxylation is 1. The van der Waals surface area contributed by atoms with E-state index in [0.717, 1.165) is 51.0 Å². The minimum Gasteiger partial charge on any atom is -0.371 e. The van der Waals surface area contributed by atoms with Gasteiger partial charge in [0, 0.05) is 42.7 Å². The molecule has 0 spiro atoms. The smallest absolute Gasteiger partial charge is 0.258 e. The first-order valence-corrected chi connectivity index (χ1v) is 11.4. The number of aromatic nitrogens is 2. The SMILES string of the molecule is O=C(Nc1ccc(N2CCC(NCc3n[nH]c4c3CCC4)CC2)cc1)c1ccccc1F. The Morgan fingerprint density at radius 1 is 1.09 bits per heavy atom. The topological polar surface area (TPSA) is 73.1 Å². The van der Waals surface area contributed by atoms with Gasteiger partial charge in [-0.15, -0.1) is 0 Å². The predicted octanol–water partition coefficient (Wildman–Crippen LogP) is 4.05. The van der Waals surface area contributed by atoms with Crippen LogP contribution in [0.4, 0.5) is 15.8 Å². The highest BCUT2D eigenvalue weighted by Crippen LogP contribution is 2.25. The van der Waals surface area contributed by atoms with E-state index in [-0.39, 0.29) is 5.56 Å². The van der Waals surface area contributed by atoms with Gasteiger partial charge in [-0.05, 0) is 74.1 Å². The zero-order valence-corrected chi connectivity index (χ0v) is 18.0. The summed E-state index contributed by atoms with van der Waals surface area (Å²) in [5.74, 6) is -0.958. The van der Waals surface area contributed by atoms with Gasteiger partial charge in [-0.2, -0.15) is 5.10 Å². The fraction of sp³-hybridized carbons (Fsp3) is 0.360. The van der Waals surface area contributed by atoms with Crippen molar-refractivity contribution in [1.29, 1.82) is 0 Å². The molecule has 0 bridgehead atoms. The van der Waals surface area contributed by atoms with E-state index < -0.39 is 11.7 Å². The number of hydrogen-bond donors (Lipinski definition) is 3. The Balaban J connectivity index is 1.11. The summed E-state index contributed by atoms with van der Waals surface area (Å²) in [5, 5.41) is 14.1. The number of carbonyl (C=O) groups is 1. The summed E-state index contributed by atoms with van der Waals surface area (Å²) in [5.41, 5.74) is 5.78. The molecular weight excluding hydrogens is 405 g/mol. The molecule has 0 atom stereocenters. The third-order valence-corrected chi connectivity index (χ3v) is 6.55. The molecule has 3 aromatic rings. The van der Waals surface area contributed by atoms with Gasteiger partial charge in [0.2, 0.25) is 0 Å². The summed E-state index contributed by atoms with van der Waals surface area (Å²) in [6.07, 6.45) is 5.68. The van der Waals surface area contributed by atoms with Gasteiger partial charge in [0.25, 0.3) is 5.91 Å². The average molecular weight is 434 g/mol. The molecule has 166 valence electrons. The van der Waals surface area contributed by atoms with Crippen LogP contribution < -0.4 is 15.5 Å². The number of H-pyrrole nitrogens is 1. The van der Waals surface area contributed by atoms with Crippen LogP contribution >= 0.6 is 0 Å². The van der Waals surface area contributed by atoms with E-state index in [1.807, 2.05) is 24.3 Å². The van der Waals surface area contributed by atoms with Gasteiger partial charge in [0.05, 0.1) is 11.3 Å². The first-order valence-electron chi connectivity index (χ1n) is 11.4. The fourth-order valence-corrected chi connectivity index (χ4v) is 4.72. The number of fused-ring (bicyclic) bond motifs is 1. The molecule has 2 heterocycles. The quantitative estimate of drug-likeness (QED) is 0.548. The number of amides is 1. The number of rotatable bonds is 6. The first kappa shape index (κ1) is 20.7. The molecule has 1 amide bonds. The second kappa shape index (κ2) is 9.12. The lowest BCUT2D eigenvalue weighted by Crippen LogP contribution is -2.42. The maximum Gasteiger partial charge on any atom is 0.258 e. The molecule has 7 heteroatoms. The zero-order valence-electron chi connectivity index (χ0n) is 18.0. The van der Waals surface area contributed by atoms with Gasteiger partial charge in [0.1, 0.15) is 5.82 Å². The van der Waals surface area contributed by atoms with E-state index in [1.165, 1.54) is 35.5 Å². The monoisotopic (exact) mass is 433 g/mol. The number of carbonyl (C=O) groups excluding carboxylic acids is 1. The van der Waals surface area contributed by atoms with Crippen molar-refractivity contribution in [2.24, 2.45) is 0 Å². The summed E-state index contributed by atoms with van der Waals surface area (Å²) in [4.78, 5) is 14.7. The van der Waals surface area contributed by atoms with Gasteiger partial charge >= 0.3 is 0 Å². The third kappa shape index (κ3) is 4.39. The standard InChI is InChI=1S/C25H28FN5O/c26-22-6-2-1-4-20(22)25(32)28-18-8-10-19(11-9-18)31-14-12-17(13-15-31)27-16-24-21-5-3-7-23(21)29-30-24/h1-2,4,6,8-11,17,27H,3,5,7,12-16H2,(H,28,32)(H,29,30). The van der Waals surface area contributed by atoms with Crippen LogP contribution in [0.2, 0.25) is 0 Å². The molecule has 0 radical (unpaired) electrons. The molecule has 5 rings (SSSR count). The molecular formula is C25H28FN5O. The number of hydrogen-bond acceptors (Lipinski definition) is 4. The molecule has 1 aliphatic heterocycles. The van der Waals surface area contributed by atoms with Gasteiger partial charge in [-0.25, -0.2) is 4.39 Å². The summed E-state index contributed by atoms with van der Waals surface area (Å²) in [7, 11) is 0. The van der Waals surface area contributed by atoms with E-state index in [4.69, 9.17) is 0 Å². The van der Waals surface area contributed by atoms with Crippen LogP contribution in [0.5, 0.6) is 0 Å². The molecule has 6 nitrogen and oxygen atoms in total. The van der Waals surface area contributed by atoms with Crippen LogP contribution in [-0.2, 0) is 19.4 Å². The Hall–Kier alpha value is -3.19. The number of benzene rings is 2. The molecule has 0 saturated carbocycles. The lowest BCUT2D eigenvalue weighted by atomic mass is 10.0. The van der Waals surface area contributed by atoms with E-state index in [0.29, 0.717) is 11.7 Å². The van der Waals surface area contributed by atoms with Gasteiger partial charge in [-0.3, -0.25) is 9.89 Å². The maximum atomic E-state index is 13.8. The largest absolute Gasteiger partial charge is 0.371 e. The van der Waals surface area contributed by atoms with E-state index in [9.17, 15) is 9.18 Å². The number of nitrogens with zero attached hydrogens (tertiary/aromatic N) is 2. The van der Waals surface area contributed by atoms with Crippen LogP contribution in [0.3, 0.4) is 0 Å². The summed E-state index contributed by atoms with van der Waals surface area (Å²) in [6, 6.07) is 14.3. The van der Waals surface area contributed by atoms with E-state index >= 15 is 0 Å². The number of aromatic amines is 1. The van der Waals surface area contributed by atoms with Gasteiger partial charge in [0.15, 0.2) is 0 Å². The third-order valence-electron chi connectivity index (χ3n) is 6.55. The number of halogens is 1. The van der Waals surface area contributed by atoms with Crippen molar-refractivity contribution >= 4 is 17.3 Å². The van der Waals surface area contributed by atoms with Crippen molar-refractivity contribution in [2.45, 2.75) is 44.7 Å². The van der Waals surface area contributed by atoms with Crippen molar-refractivity contribution in [3.63, 3.8) is 0 Å². The van der Waals surface area contributed by atoms with Gasteiger partial charge < -0.3 is 15.5 Å². The summed E-state index contributed by atoms with van der Waals surface area (Å²) >= 11 is 0. The van der Waals surface area contributed by atoms with Crippen molar-refractivity contribution in [1.82, 2.24) is 15.5 Å². The molecule has 1 aromatic heterocycles. The normalized spacial score (nSPS) is 16.2. The second-order valence-electron chi connectivity index (χ2n) is 8.60. The molecule has 1 saturated heterocycles. The van der Waals surface area contributed by atoms with E-state index in [1.54, 1.807) is 12.1 Å². The Kier molecular flexibility index (Phi) is 5.90. The molecule has 2 aliphatic rings. The number of anilines is 2. The summed E-state index contributed by atoms with van der Waals surface area (Å²) < 4.78 is 13.8. The van der Waals surface area contributed by atoms with Crippen LogP contribution in [0.1, 0.15) is 46.6 Å². The highest BCUT2D eigenvalue weighted by molar-refractivity contribution is 6.04. The van der Waals surface area contributed by atoms with Crippen LogP contribution in [0.25, 0.3) is 0 Å². The molecule has 3 N–H and O–H groups in total. The lowest BCUT2D eigenvalue weighted by molar-refractivity contribution is 0.102. The Morgan fingerprint density at radius 3 is 2.66 bits per heavy atom. The summed E-state index contributed by atoms with van der Waals surface area (Å²) in [6.45, 7) is 2.81. The highest BCUT2D eigenvalue weighted by atomic mass is 19.1. The second-order valence-corrected chi connectivity index (χ2v) is 8.60. The highest BCUT2D eigenvalue weighted by Gasteiger charge is 2.22. The maximum absolute atomic E-state index is 13.8. The molecule has 1 fully saturated rings. The minimum absolute atomic E-state index is 0.0472. The first-order chi connectivity index (χ1) is 15.7. The Bertz CT molecular complexity index is 1090. The van der Waals surface area contributed by atoms with Crippen LogP contribution in [0, 0.1) is 5.82 Å². The number of piperidine rings is 1. The van der Waals surface area contributed by atoms with Crippen LogP contribution in [-0.4, -0.2) is 35.2 Å². The zero-order chi connectivity index (χ0) is 21.9. The van der Waals surface area contributed by atoms with Crippen LogP contribution in [0.15, 0.2) is 48.5 Å². The average Bonchev–Trinajstić information content (AvgIpc) is 3.43. The Labute approximate surface area is 187 Å². The molecule has 0 unspecified atom stereocenters. The van der Waals surface area contributed by atoms with Crippen molar-refractivity contribution in [3.8, 4) is 0 Å². The fourth-order valence-electron chi connectivity index (χ4n) is 4.72. The van der Waals surface area contributed by atoms with E-state index in [2.05, 4.69) is 25.7 Å². The molecule has 2 aromatic carbocycles. The molecule has 32 heavy (non-hydrogen) atoms. The van der Waals surface area contributed by atoms with Gasteiger partial charge in [-0.1, -0.05) is 12.1 Å².